The minimum Gasteiger partial charge on any atom is -0.317 e. The second-order valence-corrected chi connectivity index (χ2v) is 4.40. The molecule has 0 saturated heterocycles. The first kappa shape index (κ1) is 10.4. The third kappa shape index (κ3) is 1.84. The van der Waals surface area contributed by atoms with Gasteiger partial charge in [0.1, 0.15) is 5.82 Å². The van der Waals surface area contributed by atoms with Crippen molar-refractivity contribution in [2.75, 3.05) is 0 Å². The Hall–Kier alpha value is -1.09. The summed E-state index contributed by atoms with van der Waals surface area (Å²) in [5, 5.41) is 0. The Bertz CT molecular complexity index is 483. The summed E-state index contributed by atoms with van der Waals surface area (Å²) in [5.74, 6) is -0.229. The molecule has 0 unspecified atom stereocenters. The molecule has 0 spiro atoms. The number of hydrogen-bond donors (Lipinski definition) is 0. The molecule has 3 heteroatoms. The van der Waals surface area contributed by atoms with E-state index in [2.05, 4.69) is 20.5 Å². The Morgan fingerprint density at radius 3 is 2.20 bits per heavy atom. The van der Waals surface area contributed by atoms with Crippen molar-refractivity contribution in [1.29, 1.82) is 0 Å². The third-order valence-electron chi connectivity index (χ3n) is 2.42. The number of halogens is 2. The predicted octanol–water partition coefficient (Wildman–Crippen LogP) is 4.00. The maximum atomic E-state index is 13.0. The van der Waals surface area contributed by atoms with E-state index in [1.807, 2.05) is 26.0 Å². The van der Waals surface area contributed by atoms with Gasteiger partial charge in [0.05, 0.1) is 5.69 Å². The Balaban J connectivity index is 2.64. The molecule has 1 heterocycles. The van der Waals surface area contributed by atoms with E-state index in [4.69, 9.17) is 0 Å². The largest absolute Gasteiger partial charge is 0.317 e. The first-order valence-electron chi connectivity index (χ1n) is 4.70. The van der Waals surface area contributed by atoms with Gasteiger partial charge in [0.2, 0.25) is 0 Å². The van der Waals surface area contributed by atoms with Crippen LogP contribution in [-0.2, 0) is 0 Å². The van der Waals surface area contributed by atoms with Crippen molar-refractivity contribution in [2.45, 2.75) is 13.8 Å². The van der Waals surface area contributed by atoms with Crippen molar-refractivity contribution in [3.63, 3.8) is 0 Å². The van der Waals surface area contributed by atoms with Crippen molar-refractivity contribution < 1.29 is 4.39 Å². The highest BCUT2D eigenvalue weighted by Gasteiger charge is 2.07. The van der Waals surface area contributed by atoms with Gasteiger partial charge in [-0.1, -0.05) is 0 Å². The molecule has 0 bridgehead atoms. The van der Waals surface area contributed by atoms with Gasteiger partial charge in [0.25, 0.3) is 0 Å². The molecule has 2 rings (SSSR count). The smallest absolute Gasteiger partial charge is 0.124 e. The van der Waals surface area contributed by atoms with Gasteiger partial charge in [-0.3, -0.25) is 0 Å². The van der Waals surface area contributed by atoms with Crippen LogP contribution in [0.1, 0.15) is 11.4 Å². The summed E-state index contributed by atoms with van der Waals surface area (Å²) < 4.78 is 15.8. The zero-order valence-corrected chi connectivity index (χ0v) is 10.2. The minimum absolute atomic E-state index is 0.229. The summed E-state index contributed by atoms with van der Waals surface area (Å²) in [6.07, 6.45) is 0. The van der Waals surface area contributed by atoms with Crippen LogP contribution in [0.3, 0.4) is 0 Å². The molecular weight excluding hydrogens is 257 g/mol. The number of aromatic nitrogens is 1. The minimum atomic E-state index is -0.229. The molecular formula is C12H11BrFN. The highest BCUT2D eigenvalue weighted by Crippen LogP contribution is 2.25. The summed E-state index contributed by atoms with van der Waals surface area (Å²) in [6, 6.07) is 8.82. The molecule has 0 atom stereocenters. The summed E-state index contributed by atoms with van der Waals surface area (Å²) in [5.41, 5.74) is 3.25. The van der Waals surface area contributed by atoms with E-state index in [9.17, 15) is 4.39 Å². The fourth-order valence-electron chi connectivity index (χ4n) is 1.71. The van der Waals surface area contributed by atoms with E-state index in [-0.39, 0.29) is 5.82 Å². The maximum absolute atomic E-state index is 13.0. The molecule has 2 aromatic rings. The van der Waals surface area contributed by atoms with Crippen LogP contribution >= 0.6 is 15.9 Å². The van der Waals surface area contributed by atoms with Crippen molar-refractivity contribution in [3.8, 4) is 5.69 Å². The summed E-state index contributed by atoms with van der Waals surface area (Å²) in [6.45, 7) is 4.06. The highest BCUT2D eigenvalue weighted by atomic mass is 79.9. The Labute approximate surface area is 96.7 Å². The zero-order valence-electron chi connectivity index (χ0n) is 8.59. The van der Waals surface area contributed by atoms with Gasteiger partial charge in [-0.05, 0) is 60.1 Å². The number of nitrogens with zero attached hydrogens (tertiary/aromatic N) is 1. The average Bonchev–Trinajstić information content (AvgIpc) is 2.48. The topological polar surface area (TPSA) is 4.93 Å². The number of hydrogen-bond acceptors (Lipinski definition) is 0. The van der Waals surface area contributed by atoms with Gasteiger partial charge in [-0.25, -0.2) is 4.39 Å². The van der Waals surface area contributed by atoms with Crippen LogP contribution in [0, 0.1) is 19.7 Å². The predicted molar refractivity (Wildman–Crippen MR) is 62.9 cm³/mol. The van der Waals surface area contributed by atoms with Crippen LogP contribution in [-0.4, -0.2) is 4.57 Å². The molecule has 0 aliphatic rings. The van der Waals surface area contributed by atoms with Crippen LogP contribution < -0.4 is 0 Å². The van der Waals surface area contributed by atoms with E-state index >= 15 is 0 Å². The van der Waals surface area contributed by atoms with Gasteiger partial charge in [0.15, 0.2) is 0 Å². The van der Waals surface area contributed by atoms with Gasteiger partial charge in [-0.15, -0.1) is 0 Å². The summed E-state index contributed by atoms with van der Waals surface area (Å²) >= 11 is 3.38. The number of rotatable bonds is 1. The lowest BCUT2D eigenvalue weighted by Crippen LogP contribution is -1.99. The van der Waals surface area contributed by atoms with Crippen LogP contribution in [0.25, 0.3) is 5.69 Å². The molecule has 0 aliphatic carbocycles. The Morgan fingerprint density at radius 1 is 1.07 bits per heavy atom. The molecule has 78 valence electrons. The monoisotopic (exact) mass is 267 g/mol. The molecule has 0 fully saturated rings. The molecule has 15 heavy (non-hydrogen) atoms. The lowest BCUT2D eigenvalue weighted by atomic mass is 10.3. The Morgan fingerprint density at radius 2 is 1.67 bits per heavy atom. The molecule has 0 radical (unpaired) electrons. The molecule has 0 aliphatic heterocycles. The van der Waals surface area contributed by atoms with Crippen molar-refractivity contribution in [1.82, 2.24) is 4.57 Å². The van der Waals surface area contributed by atoms with E-state index in [1.54, 1.807) is 6.07 Å². The van der Waals surface area contributed by atoms with Gasteiger partial charge < -0.3 is 4.57 Å². The molecule has 0 saturated carbocycles. The molecule has 1 nitrogen and oxygen atoms in total. The quantitative estimate of drug-likeness (QED) is 0.736. The molecule has 0 amide bonds. The highest BCUT2D eigenvalue weighted by molar-refractivity contribution is 9.10. The van der Waals surface area contributed by atoms with E-state index in [0.29, 0.717) is 0 Å². The van der Waals surface area contributed by atoms with Crippen LogP contribution in [0.15, 0.2) is 34.8 Å². The van der Waals surface area contributed by atoms with E-state index < -0.39 is 0 Å². The summed E-state index contributed by atoms with van der Waals surface area (Å²) in [4.78, 5) is 0. The second-order valence-electron chi connectivity index (χ2n) is 3.55. The van der Waals surface area contributed by atoms with Gasteiger partial charge >= 0.3 is 0 Å². The van der Waals surface area contributed by atoms with Crippen molar-refractivity contribution in [2.24, 2.45) is 0 Å². The van der Waals surface area contributed by atoms with Gasteiger partial charge in [-0.2, -0.15) is 0 Å². The van der Waals surface area contributed by atoms with E-state index in [0.717, 1.165) is 21.5 Å². The zero-order chi connectivity index (χ0) is 11.0. The SMILES string of the molecule is Cc1ccc(C)n1-c1ccc(F)cc1Br. The normalized spacial score (nSPS) is 10.7. The molecule has 0 N–H and O–H groups in total. The van der Waals surface area contributed by atoms with E-state index in [1.165, 1.54) is 12.1 Å². The maximum Gasteiger partial charge on any atom is 0.124 e. The van der Waals surface area contributed by atoms with Crippen molar-refractivity contribution >= 4 is 15.9 Å². The third-order valence-corrected chi connectivity index (χ3v) is 3.06. The van der Waals surface area contributed by atoms with Crippen LogP contribution in [0.2, 0.25) is 0 Å². The number of benzene rings is 1. The van der Waals surface area contributed by atoms with Crippen LogP contribution in [0.4, 0.5) is 4.39 Å². The molecule has 1 aromatic heterocycles. The average molecular weight is 268 g/mol. The second kappa shape index (κ2) is 3.81. The Kier molecular flexibility index (Phi) is 2.65. The first-order chi connectivity index (χ1) is 7.09. The number of aryl methyl sites for hydroxylation is 2. The fraction of sp³-hybridized carbons (Fsp3) is 0.167. The first-order valence-corrected chi connectivity index (χ1v) is 5.49. The lowest BCUT2D eigenvalue weighted by Gasteiger charge is -2.11. The standard InChI is InChI=1S/C12H11BrFN/c1-8-3-4-9(2)15(8)12-6-5-10(14)7-11(12)13/h3-7H,1-2H3. The van der Waals surface area contributed by atoms with Crippen molar-refractivity contribution in [3.05, 3.63) is 52.0 Å². The van der Waals surface area contributed by atoms with Gasteiger partial charge in [0, 0.05) is 15.9 Å². The van der Waals surface area contributed by atoms with Crippen LogP contribution in [0.5, 0.6) is 0 Å². The summed E-state index contributed by atoms with van der Waals surface area (Å²) in [7, 11) is 0. The molecule has 1 aromatic carbocycles. The fourth-order valence-corrected chi connectivity index (χ4v) is 2.24. The lowest BCUT2D eigenvalue weighted by molar-refractivity contribution is 0.626.